The van der Waals surface area contributed by atoms with Gasteiger partial charge in [-0.1, -0.05) is 11.6 Å². The second-order valence-electron chi connectivity index (χ2n) is 3.48. The number of nitrogen functional groups attached to an aromatic ring is 1. The van der Waals surface area contributed by atoms with Gasteiger partial charge in [0, 0.05) is 23.2 Å². The average Bonchev–Trinajstić information content (AvgIpc) is 2.09. The van der Waals surface area contributed by atoms with Crippen LogP contribution in [0.5, 0.6) is 0 Å². The van der Waals surface area contributed by atoms with Gasteiger partial charge < -0.3 is 10.5 Å². The number of rotatable bonds is 2. The molecule has 0 saturated heterocycles. The van der Waals surface area contributed by atoms with Crippen molar-refractivity contribution in [2.45, 2.75) is 26.9 Å². The number of benzene rings is 1. The molecule has 0 radical (unpaired) electrons. The van der Waals surface area contributed by atoms with Crippen LogP contribution in [0.15, 0.2) is 12.1 Å². The normalized spacial score (nSPS) is 12.3. The minimum absolute atomic E-state index is 0.335. The van der Waals surface area contributed by atoms with Gasteiger partial charge in [0.15, 0.2) is 0 Å². The Labute approximate surface area is 94.2 Å². The van der Waals surface area contributed by atoms with Crippen LogP contribution in [-0.4, -0.2) is 5.97 Å². The number of carbonyl (C=O) groups is 1. The fraction of sp³-hybridized carbons (Fsp3) is 0.364. The number of hydrogen-bond acceptors (Lipinski definition) is 3. The molecule has 0 aliphatic heterocycles. The summed E-state index contributed by atoms with van der Waals surface area (Å²) in [6, 6.07) is 3.51. The fourth-order valence-electron chi connectivity index (χ4n) is 1.33. The summed E-state index contributed by atoms with van der Waals surface area (Å²) >= 11 is 6.03. The van der Waals surface area contributed by atoms with Crippen LogP contribution in [-0.2, 0) is 9.53 Å². The molecule has 0 aliphatic rings. The Morgan fingerprint density at radius 1 is 1.53 bits per heavy atom. The molecule has 2 N–H and O–H groups in total. The number of esters is 1. The first-order valence-corrected chi connectivity index (χ1v) is 5.02. The molecule has 0 heterocycles. The summed E-state index contributed by atoms with van der Waals surface area (Å²) in [7, 11) is 0. The van der Waals surface area contributed by atoms with Crippen molar-refractivity contribution in [2.24, 2.45) is 0 Å². The number of halogens is 1. The summed E-state index contributed by atoms with van der Waals surface area (Å²) in [5.41, 5.74) is 8.05. The highest BCUT2D eigenvalue weighted by molar-refractivity contribution is 6.31. The third-order valence-corrected chi connectivity index (χ3v) is 2.49. The van der Waals surface area contributed by atoms with Crippen molar-refractivity contribution in [2.75, 3.05) is 5.73 Å². The molecule has 0 saturated carbocycles. The molecule has 0 aromatic heterocycles. The van der Waals surface area contributed by atoms with Crippen LogP contribution in [0.25, 0.3) is 0 Å². The zero-order valence-electron chi connectivity index (χ0n) is 9.00. The molecule has 3 nitrogen and oxygen atoms in total. The van der Waals surface area contributed by atoms with Crippen molar-refractivity contribution < 1.29 is 9.53 Å². The van der Waals surface area contributed by atoms with Crippen molar-refractivity contribution in [1.29, 1.82) is 0 Å². The number of ether oxygens (including phenoxy) is 1. The van der Waals surface area contributed by atoms with Gasteiger partial charge in [-0.15, -0.1) is 0 Å². The van der Waals surface area contributed by atoms with Gasteiger partial charge in [0.2, 0.25) is 0 Å². The molecule has 0 aliphatic carbocycles. The Balaban J connectivity index is 3.03. The van der Waals surface area contributed by atoms with E-state index in [1.165, 1.54) is 6.92 Å². The van der Waals surface area contributed by atoms with E-state index < -0.39 is 0 Å². The van der Waals surface area contributed by atoms with Crippen molar-refractivity contribution in [3.05, 3.63) is 28.3 Å². The Morgan fingerprint density at radius 3 is 2.67 bits per heavy atom. The second kappa shape index (κ2) is 4.53. The number of carbonyl (C=O) groups excluding carboxylic acids is 1. The van der Waals surface area contributed by atoms with Gasteiger partial charge in [-0.2, -0.15) is 0 Å². The van der Waals surface area contributed by atoms with E-state index in [1.807, 2.05) is 6.92 Å². The number of aryl methyl sites for hydroxylation is 1. The summed E-state index contributed by atoms with van der Waals surface area (Å²) in [5, 5.41) is 0.565. The quantitative estimate of drug-likeness (QED) is 0.624. The van der Waals surface area contributed by atoms with Gasteiger partial charge in [-0.3, -0.25) is 4.79 Å². The van der Waals surface area contributed by atoms with Crippen LogP contribution in [0.4, 0.5) is 5.69 Å². The molecule has 0 amide bonds. The summed E-state index contributed by atoms with van der Waals surface area (Å²) in [6.45, 7) is 5.00. The lowest BCUT2D eigenvalue weighted by Crippen LogP contribution is -2.06. The van der Waals surface area contributed by atoms with Crippen molar-refractivity contribution >= 4 is 23.3 Å². The van der Waals surface area contributed by atoms with Gasteiger partial charge in [0.05, 0.1) is 0 Å². The second-order valence-corrected chi connectivity index (χ2v) is 3.89. The molecule has 1 rings (SSSR count). The first-order chi connectivity index (χ1) is 6.91. The smallest absolute Gasteiger partial charge is 0.303 e. The standard InChI is InChI=1S/C11H14ClNO2/c1-6-4-10(12)9(5-11(6)13)7(2)15-8(3)14/h4-5,7H,13H2,1-3H3. The van der Waals surface area contributed by atoms with Crippen LogP contribution in [0.1, 0.15) is 31.1 Å². The number of hydrogen-bond donors (Lipinski definition) is 1. The van der Waals surface area contributed by atoms with Crippen LogP contribution in [0, 0.1) is 6.92 Å². The van der Waals surface area contributed by atoms with E-state index in [9.17, 15) is 4.79 Å². The van der Waals surface area contributed by atoms with Gasteiger partial charge in [0.1, 0.15) is 6.10 Å². The Hall–Kier alpha value is -1.22. The van der Waals surface area contributed by atoms with Crippen LogP contribution in [0.2, 0.25) is 5.02 Å². The van der Waals surface area contributed by atoms with E-state index in [0.29, 0.717) is 10.7 Å². The van der Waals surface area contributed by atoms with Crippen molar-refractivity contribution in [3.63, 3.8) is 0 Å². The maximum absolute atomic E-state index is 10.8. The minimum atomic E-state index is -0.377. The van der Waals surface area contributed by atoms with Crippen LogP contribution >= 0.6 is 11.6 Å². The maximum atomic E-state index is 10.8. The van der Waals surface area contributed by atoms with Crippen LogP contribution < -0.4 is 5.73 Å². The minimum Gasteiger partial charge on any atom is -0.458 e. The Bertz CT molecular complexity index is 390. The molecule has 1 aromatic rings. The lowest BCUT2D eigenvalue weighted by molar-refractivity contribution is -0.145. The molecule has 1 aromatic carbocycles. The van der Waals surface area contributed by atoms with E-state index in [1.54, 1.807) is 19.1 Å². The molecule has 82 valence electrons. The molecule has 0 fully saturated rings. The highest BCUT2D eigenvalue weighted by atomic mass is 35.5. The van der Waals surface area contributed by atoms with E-state index >= 15 is 0 Å². The van der Waals surface area contributed by atoms with Gasteiger partial charge in [0.25, 0.3) is 0 Å². The molecule has 0 bridgehead atoms. The molecule has 1 atom stereocenters. The highest BCUT2D eigenvalue weighted by Gasteiger charge is 2.13. The third kappa shape index (κ3) is 2.86. The molecule has 0 spiro atoms. The monoisotopic (exact) mass is 227 g/mol. The fourth-order valence-corrected chi connectivity index (χ4v) is 1.70. The Morgan fingerprint density at radius 2 is 2.13 bits per heavy atom. The van der Waals surface area contributed by atoms with Gasteiger partial charge in [-0.25, -0.2) is 0 Å². The van der Waals surface area contributed by atoms with Crippen LogP contribution in [0.3, 0.4) is 0 Å². The molecule has 4 heteroatoms. The largest absolute Gasteiger partial charge is 0.458 e. The van der Waals surface area contributed by atoms with Gasteiger partial charge >= 0.3 is 5.97 Å². The zero-order chi connectivity index (χ0) is 11.6. The molecular formula is C11H14ClNO2. The predicted octanol–water partition coefficient (Wildman–Crippen LogP) is 2.85. The first kappa shape index (κ1) is 11.9. The molecular weight excluding hydrogens is 214 g/mol. The average molecular weight is 228 g/mol. The van der Waals surface area contributed by atoms with Crippen molar-refractivity contribution in [1.82, 2.24) is 0 Å². The third-order valence-electron chi connectivity index (χ3n) is 2.17. The van der Waals surface area contributed by atoms with E-state index in [2.05, 4.69) is 0 Å². The topological polar surface area (TPSA) is 52.3 Å². The Kier molecular flexibility index (Phi) is 3.58. The van der Waals surface area contributed by atoms with E-state index in [0.717, 1.165) is 11.1 Å². The number of anilines is 1. The van der Waals surface area contributed by atoms with Crippen molar-refractivity contribution in [3.8, 4) is 0 Å². The summed E-state index contributed by atoms with van der Waals surface area (Å²) in [4.78, 5) is 10.8. The summed E-state index contributed by atoms with van der Waals surface area (Å²) in [6.07, 6.45) is -0.377. The molecule has 15 heavy (non-hydrogen) atoms. The first-order valence-electron chi connectivity index (χ1n) is 4.64. The molecule has 1 unspecified atom stereocenters. The number of nitrogens with two attached hydrogens (primary N) is 1. The van der Waals surface area contributed by atoms with E-state index in [4.69, 9.17) is 22.1 Å². The summed E-state index contributed by atoms with van der Waals surface area (Å²) in [5.74, 6) is -0.335. The summed E-state index contributed by atoms with van der Waals surface area (Å²) < 4.78 is 5.03. The predicted molar refractivity (Wildman–Crippen MR) is 60.8 cm³/mol. The van der Waals surface area contributed by atoms with E-state index in [-0.39, 0.29) is 12.1 Å². The highest BCUT2D eigenvalue weighted by Crippen LogP contribution is 2.29. The lowest BCUT2D eigenvalue weighted by Gasteiger charge is -2.15. The lowest BCUT2D eigenvalue weighted by atomic mass is 10.1. The maximum Gasteiger partial charge on any atom is 0.303 e. The SMILES string of the molecule is CC(=O)OC(C)c1cc(N)c(C)cc1Cl. The van der Waals surface area contributed by atoms with Gasteiger partial charge in [-0.05, 0) is 31.5 Å². The zero-order valence-corrected chi connectivity index (χ0v) is 9.76.